The number of ether oxygens (including phenoxy) is 1. The molecule has 5 N–H and O–H groups in total. The van der Waals surface area contributed by atoms with Crippen LogP contribution in [-0.4, -0.2) is 46.7 Å². The molecule has 5 rings (SSSR count). The Labute approximate surface area is 231 Å². The zero-order valence-corrected chi connectivity index (χ0v) is 23.5. The van der Waals surface area contributed by atoms with Gasteiger partial charge in [-0.2, -0.15) is 0 Å². The number of rotatable bonds is 9. The molecule has 2 atom stereocenters. The first-order valence-corrected chi connectivity index (χ1v) is 14.4. The molecule has 3 aliphatic rings. The zero-order valence-electron chi connectivity index (χ0n) is 23.5. The van der Waals surface area contributed by atoms with Gasteiger partial charge in [0, 0.05) is 35.1 Å². The van der Waals surface area contributed by atoms with Crippen LogP contribution in [0.4, 0.5) is 0 Å². The highest BCUT2D eigenvalue weighted by molar-refractivity contribution is 6.20. The summed E-state index contributed by atoms with van der Waals surface area (Å²) >= 11 is 0. The lowest BCUT2D eigenvalue weighted by Crippen LogP contribution is -2.46. The number of allylic oxidation sites excluding steroid dienone is 1. The Morgan fingerprint density at radius 3 is 2.33 bits per heavy atom. The van der Waals surface area contributed by atoms with E-state index in [1.165, 1.54) is 25.3 Å². The summed E-state index contributed by atoms with van der Waals surface area (Å²) < 4.78 is 6.31. The highest BCUT2D eigenvalue weighted by Gasteiger charge is 2.34. The first-order valence-electron chi connectivity index (χ1n) is 14.4. The molecule has 1 aromatic carbocycles. The smallest absolute Gasteiger partial charge is 0.255 e. The molecule has 8 heteroatoms. The van der Waals surface area contributed by atoms with Crippen LogP contribution in [0.15, 0.2) is 36.2 Å². The maximum absolute atomic E-state index is 13.6. The van der Waals surface area contributed by atoms with E-state index in [2.05, 4.69) is 59.0 Å². The molecular formula is C31H42N4O4. The summed E-state index contributed by atoms with van der Waals surface area (Å²) in [7, 11) is 0. The van der Waals surface area contributed by atoms with E-state index in [4.69, 9.17) is 4.74 Å². The number of aliphatic hydroxyl groups is 1. The maximum atomic E-state index is 13.6. The quantitative estimate of drug-likeness (QED) is 0.330. The lowest BCUT2D eigenvalue weighted by molar-refractivity contribution is -0.129. The second-order valence-electron chi connectivity index (χ2n) is 11.8. The van der Waals surface area contributed by atoms with Gasteiger partial charge < -0.3 is 30.8 Å². The van der Waals surface area contributed by atoms with Gasteiger partial charge in [-0.3, -0.25) is 9.59 Å². The minimum Gasteiger partial charge on any atom is -0.493 e. The molecule has 1 aliphatic heterocycles. The topological polar surface area (TPSA) is 115 Å². The van der Waals surface area contributed by atoms with Gasteiger partial charge in [-0.25, -0.2) is 0 Å². The fraction of sp³-hybridized carbons (Fsp3) is 0.548. The minimum absolute atomic E-state index is 0.0336. The number of H-pyrrole nitrogens is 1. The van der Waals surface area contributed by atoms with Gasteiger partial charge in [0.15, 0.2) is 0 Å². The molecule has 2 fully saturated rings. The van der Waals surface area contributed by atoms with Crippen LogP contribution >= 0.6 is 0 Å². The third-order valence-corrected chi connectivity index (χ3v) is 8.27. The van der Waals surface area contributed by atoms with Gasteiger partial charge in [-0.05, 0) is 88.0 Å². The predicted molar refractivity (Wildman–Crippen MR) is 151 cm³/mol. The predicted octanol–water partition coefficient (Wildman–Crippen LogP) is 4.27. The molecule has 0 saturated heterocycles. The Morgan fingerprint density at radius 2 is 1.69 bits per heavy atom. The summed E-state index contributed by atoms with van der Waals surface area (Å²) in [4.78, 5) is 28.7. The first-order chi connectivity index (χ1) is 18.7. The van der Waals surface area contributed by atoms with Crippen LogP contribution in [0.3, 0.4) is 0 Å². The molecule has 8 nitrogen and oxygen atoms in total. The zero-order chi connectivity index (χ0) is 27.7. The van der Waals surface area contributed by atoms with E-state index in [-0.39, 0.29) is 29.9 Å². The monoisotopic (exact) mass is 534 g/mol. The Bertz CT molecular complexity index is 1230. The highest BCUT2D eigenvalue weighted by atomic mass is 16.5. The van der Waals surface area contributed by atoms with Crippen LogP contribution in [0.25, 0.3) is 5.57 Å². The van der Waals surface area contributed by atoms with Gasteiger partial charge in [-0.15, -0.1) is 0 Å². The molecule has 2 amide bonds. The summed E-state index contributed by atoms with van der Waals surface area (Å²) in [6, 6.07) is 8.50. The molecule has 0 bridgehead atoms. The molecule has 2 aromatic rings. The number of aromatic amines is 1. The van der Waals surface area contributed by atoms with Crippen molar-refractivity contribution in [2.24, 2.45) is 5.92 Å². The normalized spacial score (nSPS) is 23.6. The van der Waals surface area contributed by atoms with Crippen molar-refractivity contribution in [3.63, 3.8) is 0 Å². The van der Waals surface area contributed by atoms with Crippen molar-refractivity contribution in [2.75, 3.05) is 6.61 Å². The summed E-state index contributed by atoms with van der Waals surface area (Å²) in [6.07, 6.45) is 6.46. The number of aliphatic hydroxyl groups excluding tert-OH is 1. The van der Waals surface area contributed by atoms with Crippen molar-refractivity contribution in [1.29, 1.82) is 0 Å². The van der Waals surface area contributed by atoms with Crippen LogP contribution in [0.1, 0.15) is 101 Å². The summed E-state index contributed by atoms with van der Waals surface area (Å²) in [5.74, 6) is 1.51. The second-order valence-corrected chi connectivity index (χ2v) is 11.8. The first kappa shape index (κ1) is 27.3. The molecule has 0 spiro atoms. The van der Waals surface area contributed by atoms with Crippen LogP contribution in [-0.2, 0) is 9.59 Å². The summed E-state index contributed by atoms with van der Waals surface area (Å²) in [5, 5.41) is 19.2. The van der Waals surface area contributed by atoms with Crippen molar-refractivity contribution >= 4 is 17.4 Å². The molecule has 39 heavy (non-hydrogen) atoms. The number of carbonyl (C=O) groups is 2. The van der Waals surface area contributed by atoms with Crippen molar-refractivity contribution < 1.29 is 19.4 Å². The van der Waals surface area contributed by atoms with Crippen molar-refractivity contribution in [2.45, 2.75) is 96.4 Å². The van der Waals surface area contributed by atoms with E-state index in [1.807, 2.05) is 13.1 Å². The second kappa shape index (κ2) is 11.5. The van der Waals surface area contributed by atoms with Crippen molar-refractivity contribution in [1.82, 2.24) is 20.9 Å². The molecule has 2 unspecified atom stereocenters. The summed E-state index contributed by atoms with van der Waals surface area (Å²) in [6.45, 7) is 8.57. The van der Waals surface area contributed by atoms with Crippen LogP contribution < -0.4 is 20.7 Å². The molecule has 2 saturated carbocycles. The average Bonchev–Trinajstić information content (AvgIpc) is 3.62. The number of nitrogens with one attached hydrogen (secondary N) is 4. The maximum Gasteiger partial charge on any atom is 0.255 e. The van der Waals surface area contributed by atoms with E-state index < -0.39 is 6.10 Å². The number of hydrogen-bond donors (Lipinski definition) is 5. The number of fused-ring (bicyclic) bond motifs is 1. The number of benzene rings is 1. The molecule has 1 aromatic heterocycles. The lowest BCUT2D eigenvalue weighted by Gasteiger charge is -2.32. The van der Waals surface area contributed by atoms with Crippen LogP contribution in [0, 0.1) is 5.92 Å². The van der Waals surface area contributed by atoms with Crippen molar-refractivity contribution in [3.05, 3.63) is 58.5 Å². The fourth-order valence-electron chi connectivity index (χ4n) is 5.66. The Balaban J connectivity index is 1.32. The van der Waals surface area contributed by atoms with E-state index in [0.717, 1.165) is 60.6 Å². The Kier molecular flexibility index (Phi) is 8.03. The van der Waals surface area contributed by atoms with Crippen LogP contribution in [0.2, 0.25) is 0 Å². The SMILES string of the molecule is CC1=C(C(=O)NC2CCC(NC(=O)C(C)O)CC2)c2[nH]ccc2C(c2cc(C(C)C)ccc2OCC2CC2)N1. The van der Waals surface area contributed by atoms with Gasteiger partial charge in [0.25, 0.3) is 5.91 Å². The number of aromatic nitrogens is 1. The lowest BCUT2D eigenvalue weighted by atomic mass is 9.88. The average molecular weight is 535 g/mol. The number of hydrogen-bond acceptors (Lipinski definition) is 5. The van der Waals surface area contributed by atoms with Gasteiger partial charge >= 0.3 is 0 Å². The van der Waals surface area contributed by atoms with Gasteiger partial charge in [-0.1, -0.05) is 19.9 Å². The molecule has 2 heterocycles. The van der Waals surface area contributed by atoms with Crippen molar-refractivity contribution in [3.8, 4) is 5.75 Å². The van der Waals surface area contributed by atoms with Gasteiger partial charge in [0.05, 0.1) is 23.9 Å². The molecule has 210 valence electrons. The largest absolute Gasteiger partial charge is 0.493 e. The minimum atomic E-state index is -1.01. The van der Waals surface area contributed by atoms with E-state index in [0.29, 0.717) is 17.4 Å². The fourth-order valence-corrected chi connectivity index (χ4v) is 5.66. The standard InChI is InChI=1S/C31H42N4O4/c1-17(2)21-7-12-26(39-16-20-5-6-20)25(15-21)28-24-13-14-32-29(24)27(18(3)33-28)31(38)35-23-10-8-22(9-11-23)34-30(37)19(4)36/h7,12-15,17,19-20,22-23,28,32-33,36H,5-6,8-11,16H2,1-4H3,(H,34,37)(H,35,38). The third kappa shape index (κ3) is 6.16. The Morgan fingerprint density at radius 1 is 1.00 bits per heavy atom. The van der Waals surface area contributed by atoms with Gasteiger partial charge in [0.2, 0.25) is 5.91 Å². The van der Waals surface area contributed by atoms with E-state index in [1.54, 1.807) is 0 Å². The van der Waals surface area contributed by atoms with E-state index in [9.17, 15) is 14.7 Å². The van der Waals surface area contributed by atoms with Crippen LogP contribution in [0.5, 0.6) is 5.75 Å². The highest BCUT2D eigenvalue weighted by Crippen LogP contribution is 2.41. The number of carbonyl (C=O) groups excluding carboxylic acids is 2. The molecule has 2 aliphatic carbocycles. The van der Waals surface area contributed by atoms with Gasteiger partial charge in [0.1, 0.15) is 11.9 Å². The van der Waals surface area contributed by atoms with E-state index >= 15 is 0 Å². The summed E-state index contributed by atoms with van der Waals surface area (Å²) in [5.41, 5.74) is 5.69. The molecule has 0 radical (unpaired) electrons. The third-order valence-electron chi connectivity index (χ3n) is 8.27. The molecular weight excluding hydrogens is 492 g/mol. The number of amides is 2. The Hall–Kier alpha value is -3.26.